The van der Waals surface area contributed by atoms with Gasteiger partial charge in [0.05, 0.1) is 19.8 Å². The van der Waals surface area contributed by atoms with Crippen LogP contribution < -0.4 is 20.1 Å². The zero-order chi connectivity index (χ0) is 17.3. The molecule has 0 saturated heterocycles. The Morgan fingerprint density at radius 3 is 2.62 bits per heavy atom. The van der Waals surface area contributed by atoms with Crippen LogP contribution in [-0.2, 0) is 6.42 Å². The van der Waals surface area contributed by atoms with Crippen LogP contribution in [-0.4, -0.2) is 26.7 Å². The SMILES string of the molecule is COc1cc(F)c(C(=O)N2CCCc3c(N)cccc32)cc1OC. The van der Waals surface area contributed by atoms with Gasteiger partial charge in [0.15, 0.2) is 11.5 Å². The third-order valence-corrected chi connectivity index (χ3v) is 4.24. The first kappa shape index (κ1) is 16.1. The van der Waals surface area contributed by atoms with Crippen LogP contribution in [0.3, 0.4) is 0 Å². The van der Waals surface area contributed by atoms with Crippen LogP contribution in [0.4, 0.5) is 15.8 Å². The van der Waals surface area contributed by atoms with Gasteiger partial charge >= 0.3 is 0 Å². The highest BCUT2D eigenvalue weighted by Crippen LogP contribution is 2.35. The maximum absolute atomic E-state index is 14.4. The van der Waals surface area contributed by atoms with E-state index in [1.807, 2.05) is 12.1 Å². The number of anilines is 2. The van der Waals surface area contributed by atoms with E-state index >= 15 is 0 Å². The van der Waals surface area contributed by atoms with Crippen molar-refractivity contribution in [3.8, 4) is 11.5 Å². The van der Waals surface area contributed by atoms with Crippen molar-refractivity contribution >= 4 is 17.3 Å². The first-order valence-corrected chi connectivity index (χ1v) is 7.67. The number of nitrogen functional groups attached to an aromatic ring is 1. The Balaban J connectivity index is 2.04. The molecule has 2 N–H and O–H groups in total. The van der Waals surface area contributed by atoms with E-state index in [4.69, 9.17) is 15.2 Å². The molecule has 0 radical (unpaired) electrons. The number of hydrogen-bond donors (Lipinski definition) is 1. The molecule has 24 heavy (non-hydrogen) atoms. The van der Waals surface area contributed by atoms with E-state index in [2.05, 4.69) is 0 Å². The summed E-state index contributed by atoms with van der Waals surface area (Å²) < 4.78 is 24.6. The molecule has 0 bridgehead atoms. The molecular weight excluding hydrogens is 311 g/mol. The predicted molar refractivity (Wildman–Crippen MR) is 90.4 cm³/mol. The van der Waals surface area contributed by atoms with E-state index < -0.39 is 11.7 Å². The van der Waals surface area contributed by atoms with Crippen molar-refractivity contribution in [2.24, 2.45) is 0 Å². The molecule has 0 atom stereocenters. The number of amides is 1. The number of hydrogen-bond acceptors (Lipinski definition) is 4. The summed E-state index contributed by atoms with van der Waals surface area (Å²) in [4.78, 5) is 14.5. The van der Waals surface area contributed by atoms with Gasteiger partial charge in [-0.2, -0.15) is 0 Å². The molecule has 0 aromatic heterocycles. The van der Waals surface area contributed by atoms with Crippen molar-refractivity contribution in [3.63, 3.8) is 0 Å². The zero-order valence-electron chi connectivity index (χ0n) is 13.6. The minimum atomic E-state index is -0.645. The molecule has 126 valence electrons. The van der Waals surface area contributed by atoms with Gasteiger partial charge in [-0.3, -0.25) is 4.79 Å². The number of carbonyl (C=O) groups excluding carboxylic acids is 1. The van der Waals surface area contributed by atoms with Gasteiger partial charge in [0, 0.05) is 24.0 Å². The predicted octanol–water partition coefficient (Wildman–Crippen LogP) is 3.02. The number of methoxy groups -OCH3 is 2. The van der Waals surface area contributed by atoms with Gasteiger partial charge in [-0.25, -0.2) is 4.39 Å². The molecule has 3 rings (SSSR count). The topological polar surface area (TPSA) is 64.8 Å². The molecule has 1 heterocycles. The zero-order valence-corrected chi connectivity index (χ0v) is 13.6. The van der Waals surface area contributed by atoms with Crippen LogP contribution in [0, 0.1) is 5.82 Å². The molecule has 0 aliphatic carbocycles. The fourth-order valence-corrected chi connectivity index (χ4v) is 3.03. The molecule has 1 amide bonds. The number of nitrogens with zero attached hydrogens (tertiary/aromatic N) is 1. The monoisotopic (exact) mass is 330 g/mol. The van der Waals surface area contributed by atoms with E-state index in [1.54, 1.807) is 11.0 Å². The Hall–Kier alpha value is -2.76. The van der Waals surface area contributed by atoms with Gasteiger partial charge in [0.25, 0.3) is 5.91 Å². The molecule has 6 heteroatoms. The van der Waals surface area contributed by atoms with Crippen LogP contribution in [0.5, 0.6) is 11.5 Å². The fourth-order valence-electron chi connectivity index (χ4n) is 3.03. The number of ether oxygens (including phenoxy) is 2. The first-order chi connectivity index (χ1) is 11.6. The third-order valence-electron chi connectivity index (χ3n) is 4.24. The van der Waals surface area contributed by atoms with Gasteiger partial charge < -0.3 is 20.1 Å². The molecule has 0 saturated carbocycles. The standard InChI is InChI=1S/C18H19FN2O3/c1-23-16-9-12(13(19)10-17(16)24-2)18(22)21-8-4-5-11-14(20)6-3-7-15(11)21/h3,6-7,9-10H,4-5,8,20H2,1-2H3. The summed E-state index contributed by atoms with van der Waals surface area (Å²) in [5.41, 5.74) is 8.27. The van der Waals surface area contributed by atoms with Crippen LogP contribution in [0.25, 0.3) is 0 Å². The highest BCUT2D eigenvalue weighted by molar-refractivity contribution is 6.07. The maximum Gasteiger partial charge on any atom is 0.261 e. The maximum atomic E-state index is 14.4. The summed E-state index contributed by atoms with van der Waals surface area (Å²) in [6.07, 6.45) is 1.59. The quantitative estimate of drug-likeness (QED) is 0.879. The van der Waals surface area contributed by atoms with E-state index in [1.165, 1.54) is 20.3 Å². The van der Waals surface area contributed by atoms with Crippen molar-refractivity contribution in [2.75, 3.05) is 31.4 Å². The highest BCUT2D eigenvalue weighted by Gasteiger charge is 2.27. The molecule has 2 aromatic carbocycles. The third kappa shape index (κ3) is 2.64. The molecule has 0 unspecified atom stereocenters. The molecule has 0 spiro atoms. The Bertz CT molecular complexity index is 792. The molecule has 1 aliphatic rings. The van der Waals surface area contributed by atoms with E-state index in [0.717, 1.165) is 30.2 Å². The Morgan fingerprint density at radius 1 is 1.21 bits per heavy atom. The number of nitrogens with two attached hydrogens (primary N) is 1. The van der Waals surface area contributed by atoms with Gasteiger partial charge in [-0.1, -0.05) is 6.07 Å². The average molecular weight is 330 g/mol. The Morgan fingerprint density at radius 2 is 1.92 bits per heavy atom. The highest BCUT2D eigenvalue weighted by atomic mass is 19.1. The van der Waals surface area contributed by atoms with Gasteiger partial charge in [0.2, 0.25) is 0 Å². The summed E-state index contributed by atoms with van der Waals surface area (Å²) in [5.74, 6) is -0.504. The van der Waals surface area contributed by atoms with Crippen LogP contribution in [0.15, 0.2) is 30.3 Å². The van der Waals surface area contributed by atoms with Crippen molar-refractivity contribution < 1.29 is 18.7 Å². The summed E-state index contributed by atoms with van der Waals surface area (Å²) in [6.45, 7) is 0.517. The number of fused-ring (bicyclic) bond motifs is 1. The van der Waals surface area contributed by atoms with Crippen molar-refractivity contribution in [2.45, 2.75) is 12.8 Å². The Kier molecular flexibility index (Phi) is 4.29. The van der Waals surface area contributed by atoms with Gasteiger partial charge in [0.1, 0.15) is 5.82 Å². The lowest BCUT2D eigenvalue weighted by molar-refractivity contribution is 0.0981. The number of rotatable bonds is 3. The van der Waals surface area contributed by atoms with Crippen LogP contribution in [0.2, 0.25) is 0 Å². The molecule has 1 aliphatic heterocycles. The normalized spacial score (nSPS) is 13.4. The smallest absolute Gasteiger partial charge is 0.261 e. The molecule has 5 nitrogen and oxygen atoms in total. The fraction of sp³-hybridized carbons (Fsp3) is 0.278. The minimum Gasteiger partial charge on any atom is -0.493 e. The molecule has 0 fully saturated rings. The summed E-state index contributed by atoms with van der Waals surface area (Å²) in [7, 11) is 2.86. The summed E-state index contributed by atoms with van der Waals surface area (Å²) >= 11 is 0. The van der Waals surface area contributed by atoms with Crippen molar-refractivity contribution in [1.82, 2.24) is 0 Å². The molecule has 2 aromatic rings. The average Bonchev–Trinajstić information content (AvgIpc) is 2.60. The largest absolute Gasteiger partial charge is 0.493 e. The lowest BCUT2D eigenvalue weighted by atomic mass is 9.99. The number of carbonyl (C=O) groups is 1. The van der Waals surface area contributed by atoms with Crippen molar-refractivity contribution in [3.05, 3.63) is 47.3 Å². The van der Waals surface area contributed by atoms with Gasteiger partial charge in [-0.05, 0) is 36.6 Å². The second kappa shape index (κ2) is 6.39. The summed E-state index contributed by atoms with van der Waals surface area (Å²) in [5, 5.41) is 0. The first-order valence-electron chi connectivity index (χ1n) is 7.67. The van der Waals surface area contributed by atoms with E-state index in [0.29, 0.717) is 18.0 Å². The second-order valence-electron chi connectivity index (χ2n) is 5.59. The van der Waals surface area contributed by atoms with E-state index in [9.17, 15) is 9.18 Å². The second-order valence-corrected chi connectivity index (χ2v) is 5.59. The van der Waals surface area contributed by atoms with Crippen LogP contribution >= 0.6 is 0 Å². The number of halogens is 1. The molecular formula is C18H19FN2O3. The summed E-state index contributed by atoms with van der Waals surface area (Å²) in [6, 6.07) is 7.98. The van der Waals surface area contributed by atoms with E-state index in [-0.39, 0.29) is 11.3 Å². The Labute approximate surface area is 139 Å². The van der Waals surface area contributed by atoms with Crippen molar-refractivity contribution in [1.29, 1.82) is 0 Å². The lowest BCUT2D eigenvalue weighted by Gasteiger charge is -2.30. The minimum absolute atomic E-state index is 0.0528. The lowest BCUT2D eigenvalue weighted by Crippen LogP contribution is -2.36. The van der Waals surface area contributed by atoms with Crippen LogP contribution in [0.1, 0.15) is 22.3 Å². The number of benzene rings is 2. The van der Waals surface area contributed by atoms with Gasteiger partial charge in [-0.15, -0.1) is 0 Å².